The van der Waals surface area contributed by atoms with Crippen LogP contribution in [0.2, 0.25) is 0 Å². The van der Waals surface area contributed by atoms with E-state index >= 15 is 0 Å². The third-order valence-corrected chi connectivity index (χ3v) is 3.84. The highest BCUT2D eigenvalue weighted by Crippen LogP contribution is 2.35. The topological polar surface area (TPSA) is 43.3 Å². The summed E-state index contributed by atoms with van der Waals surface area (Å²) in [5.74, 6) is 1.41. The predicted octanol–water partition coefficient (Wildman–Crippen LogP) is 3.27. The first-order chi connectivity index (χ1) is 8.25. The van der Waals surface area contributed by atoms with Gasteiger partial charge < -0.3 is 5.73 Å². The zero-order valence-corrected chi connectivity index (χ0v) is 10.3. The molecule has 0 radical (unpaired) electrons. The Morgan fingerprint density at radius 2 is 2.06 bits per heavy atom. The van der Waals surface area contributed by atoms with Crippen molar-refractivity contribution in [1.82, 2.24) is 9.38 Å². The first-order valence-electron chi connectivity index (χ1n) is 6.50. The van der Waals surface area contributed by atoms with Gasteiger partial charge in [-0.1, -0.05) is 19.3 Å². The van der Waals surface area contributed by atoms with Crippen LogP contribution >= 0.6 is 0 Å². The van der Waals surface area contributed by atoms with Crippen LogP contribution in [0.4, 0.5) is 5.82 Å². The number of anilines is 1. The fraction of sp³-hybridized carbons (Fsp3) is 0.500. The Hall–Kier alpha value is -1.51. The first kappa shape index (κ1) is 10.6. The van der Waals surface area contributed by atoms with Crippen LogP contribution in [0.1, 0.15) is 49.3 Å². The molecule has 2 aromatic heterocycles. The molecule has 0 spiro atoms. The molecule has 0 unspecified atom stereocenters. The van der Waals surface area contributed by atoms with Crippen molar-refractivity contribution in [2.24, 2.45) is 0 Å². The second kappa shape index (κ2) is 4.06. The van der Waals surface area contributed by atoms with E-state index in [1.165, 1.54) is 37.7 Å². The maximum Gasteiger partial charge on any atom is 0.138 e. The van der Waals surface area contributed by atoms with Crippen LogP contribution in [-0.2, 0) is 0 Å². The Morgan fingerprint density at radius 3 is 2.82 bits per heavy atom. The molecule has 0 bridgehead atoms. The Morgan fingerprint density at radius 1 is 1.29 bits per heavy atom. The number of aromatic nitrogens is 2. The standard InChI is InChI=1S/C14H19N3/c1-10-7-8-17-12(9-10)16-13(14(17)15)11-5-3-2-4-6-11/h7-9,11H,2-6,15H2,1H3. The van der Waals surface area contributed by atoms with Crippen molar-refractivity contribution >= 4 is 11.5 Å². The summed E-state index contributed by atoms with van der Waals surface area (Å²) < 4.78 is 2.01. The molecule has 90 valence electrons. The molecule has 1 aliphatic carbocycles. The van der Waals surface area contributed by atoms with Crippen LogP contribution in [0.3, 0.4) is 0 Å². The van der Waals surface area contributed by atoms with Gasteiger partial charge in [-0.15, -0.1) is 0 Å². The van der Waals surface area contributed by atoms with Gasteiger partial charge in [-0.05, 0) is 37.5 Å². The van der Waals surface area contributed by atoms with Crippen LogP contribution in [0.5, 0.6) is 0 Å². The number of rotatable bonds is 1. The Labute approximate surface area is 102 Å². The molecule has 2 aromatic rings. The average molecular weight is 229 g/mol. The van der Waals surface area contributed by atoms with Gasteiger partial charge in [0.2, 0.25) is 0 Å². The minimum Gasteiger partial charge on any atom is -0.383 e. The zero-order valence-electron chi connectivity index (χ0n) is 10.3. The van der Waals surface area contributed by atoms with Gasteiger partial charge in [-0.2, -0.15) is 0 Å². The smallest absolute Gasteiger partial charge is 0.138 e. The summed E-state index contributed by atoms with van der Waals surface area (Å²) in [4.78, 5) is 4.73. The molecule has 0 atom stereocenters. The lowest BCUT2D eigenvalue weighted by molar-refractivity contribution is 0.439. The molecular weight excluding hydrogens is 210 g/mol. The van der Waals surface area contributed by atoms with Gasteiger partial charge in [0, 0.05) is 12.1 Å². The van der Waals surface area contributed by atoms with Crippen molar-refractivity contribution in [3.63, 3.8) is 0 Å². The number of fused-ring (bicyclic) bond motifs is 1. The summed E-state index contributed by atoms with van der Waals surface area (Å²) in [6.07, 6.45) is 8.51. The van der Waals surface area contributed by atoms with E-state index in [-0.39, 0.29) is 0 Å². The zero-order chi connectivity index (χ0) is 11.8. The summed E-state index contributed by atoms with van der Waals surface area (Å²) in [7, 11) is 0. The molecule has 3 rings (SSSR count). The van der Waals surface area contributed by atoms with Crippen LogP contribution in [0.25, 0.3) is 5.65 Å². The maximum atomic E-state index is 6.22. The van der Waals surface area contributed by atoms with Crippen molar-refractivity contribution in [1.29, 1.82) is 0 Å². The quantitative estimate of drug-likeness (QED) is 0.815. The van der Waals surface area contributed by atoms with Crippen molar-refractivity contribution < 1.29 is 0 Å². The van der Waals surface area contributed by atoms with Crippen molar-refractivity contribution in [3.8, 4) is 0 Å². The largest absolute Gasteiger partial charge is 0.383 e. The van der Waals surface area contributed by atoms with Crippen LogP contribution < -0.4 is 5.73 Å². The maximum absolute atomic E-state index is 6.22. The Balaban J connectivity index is 2.07. The molecule has 0 aliphatic heterocycles. The predicted molar refractivity (Wildman–Crippen MR) is 70.2 cm³/mol. The van der Waals surface area contributed by atoms with Crippen LogP contribution in [-0.4, -0.2) is 9.38 Å². The van der Waals surface area contributed by atoms with Crippen LogP contribution in [0, 0.1) is 6.92 Å². The highest BCUT2D eigenvalue weighted by Gasteiger charge is 2.21. The molecule has 0 amide bonds. The third kappa shape index (κ3) is 1.79. The second-order valence-electron chi connectivity index (χ2n) is 5.15. The number of nitrogens with two attached hydrogens (primary N) is 1. The molecular formula is C14H19N3. The molecule has 3 heteroatoms. The van der Waals surface area contributed by atoms with Gasteiger partial charge >= 0.3 is 0 Å². The minimum atomic E-state index is 0.573. The molecule has 3 nitrogen and oxygen atoms in total. The van der Waals surface area contributed by atoms with E-state index in [9.17, 15) is 0 Å². The first-order valence-corrected chi connectivity index (χ1v) is 6.50. The monoisotopic (exact) mass is 229 g/mol. The SMILES string of the molecule is Cc1ccn2c(N)c(C3CCCCC3)nc2c1. The summed E-state index contributed by atoms with van der Waals surface area (Å²) in [5, 5.41) is 0. The molecule has 0 aromatic carbocycles. The number of hydrogen-bond donors (Lipinski definition) is 1. The fourth-order valence-electron chi connectivity index (χ4n) is 2.86. The number of nitrogen functional groups attached to an aromatic ring is 1. The fourth-order valence-corrected chi connectivity index (χ4v) is 2.86. The van der Waals surface area contributed by atoms with Gasteiger partial charge in [0.15, 0.2) is 0 Å². The van der Waals surface area contributed by atoms with E-state index in [1.54, 1.807) is 0 Å². The number of hydrogen-bond acceptors (Lipinski definition) is 2. The lowest BCUT2D eigenvalue weighted by Crippen LogP contribution is -2.07. The average Bonchev–Trinajstić information content (AvgIpc) is 2.67. The lowest BCUT2D eigenvalue weighted by atomic mass is 9.87. The van der Waals surface area contributed by atoms with E-state index < -0.39 is 0 Å². The molecule has 2 N–H and O–H groups in total. The number of imidazole rings is 1. The van der Waals surface area contributed by atoms with E-state index in [2.05, 4.69) is 19.1 Å². The molecule has 0 saturated heterocycles. The van der Waals surface area contributed by atoms with Crippen molar-refractivity contribution in [2.45, 2.75) is 44.9 Å². The molecule has 1 saturated carbocycles. The normalized spacial score (nSPS) is 17.7. The van der Waals surface area contributed by atoms with E-state index in [1.807, 2.05) is 10.6 Å². The Kier molecular flexibility index (Phi) is 2.54. The van der Waals surface area contributed by atoms with Gasteiger partial charge in [-0.3, -0.25) is 4.40 Å². The molecule has 1 aliphatic rings. The van der Waals surface area contributed by atoms with Crippen molar-refractivity contribution in [2.75, 3.05) is 5.73 Å². The van der Waals surface area contributed by atoms with Crippen LogP contribution in [0.15, 0.2) is 18.3 Å². The third-order valence-electron chi connectivity index (χ3n) is 3.84. The number of pyridine rings is 1. The minimum absolute atomic E-state index is 0.573. The summed E-state index contributed by atoms with van der Waals surface area (Å²) in [6, 6.07) is 4.18. The molecule has 1 fully saturated rings. The number of aryl methyl sites for hydroxylation is 1. The highest BCUT2D eigenvalue weighted by molar-refractivity contribution is 5.54. The van der Waals surface area contributed by atoms with Gasteiger partial charge in [-0.25, -0.2) is 4.98 Å². The summed E-state index contributed by atoms with van der Waals surface area (Å²) >= 11 is 0. The molecule has 2 heterocycles. The second-order valence-corrected chi connectivity index (χ2v) is 5.15. The van der Waals surface area contributed by atoms with Gasteiger partial charge in [0.25, 0.3) is 0 Å². The highest BCUT2D eigenvalue weighted by atomic mass is 15.1. The van der Waals surface area contributed by atoms with Crippen molar-refractivity contribution in [3.05, 3.63) is 29.6 Å². The van der Waals surface area contributed by atoms with Gasteiger partial charge in [0.1, 0.15) is 11.5 Å². The van der Waals surface area contributed by atoms with E-state index in [0.717, 1.165) is 17.2 Å². The van der Waals surface area contributed by atoms with E-state index in [4.69, 9.17) is 10.7 Å². The van der Waals surface area contributed by atoms with Gasteiger partial charge in [0.05, 0.1) is 5.69 Å². The number of nitrogens with zero attached hydrogens (tertiary/aromatic N) is 2. The summed E-state index contributed by atoms with van der Waals surface area (Å²) in [5.41, 5.74) is 9.56. The molecule has 17 heavy (non-hydrogen) atoms. The Bertz CT molecular complexity index is 536. The van der Waals surface area contributed by atoms with E-state index in [0.29, 0.717) is 5.92 Å². The summed E-state index contributed by atoms with van der Waals surface area (Å²) in [6.45, 7) is 2.09. The lowest BCUT2D eigenvalue weighted by Gasteiger charge is -2.20.